The first-order chi connectivity index (χ1) is 13.0. The van der Waals surface area contributed by atoms with E-state index >= 15 is 0 Å². The van der Waals surface area contributed by atoms with Gasteiger partial charge >= 0.3 is 5.97 Å². The lowest BCUT2D eigenvalue weighted by Gasteiger charge is -2.09. The molecule has 3 rings (SSSR count). The largest absolute Gasteiger partial charge is 0.482 e. The molecular formula is C21H20ClNO4. The molecule has 0 aliphatic heterocycles. The minimum absolute atomic E-state index is 0.259. The van der Waals surface area contributed by atoms with Crippen LogP contribution in [0, 0.1) is 6.92 Å². The van der Waals surface area contributed by atoms with Crippen molar-refractivity contribution in [3.05, 3.63) is 64.3 Å². The van der Waals surface area contributed by atoms with Crippen LogP contribution in [-0.2, 0) is 16.0 Å². The van der Waals surface area contributed by atoms with E-state index in [1.54, 1.807) is 24.4 Å². The number of ketones is 1. The van der Waals surface area contributed by atoms with Crippen LogP contribution in [-0.4, -0.2) is 30.0 Å². The molecule has 1 N–H and O–H groups in total. The highest BCUT2D eigenvalue weighted by atomic mass is 35.5. The number of aryl methyl sites for hydroxylation is 2. The summed E-state index contributed by atoms with van der Waals surface area (Å²) in [6.45, 7) is 3.29. The molecule has 3 aromatic rings. The number of benzene rings is 2. The van der Waals surface area contributed by atoms with Crippen LogP contribution in [0.1, 0.15) is 28.4 Å². The molecule has 0 spiro atoms. The van der Waals surface area contributed by atoms with E-state index in [0.717, 1.165) is 28.5 Å². The van der Waals surface area contributed by atoms with Gasteiger partial charge < -0.3 is 14.5 Å². The topological polar surface area (TPSA) is 68.4 Å². The van der Waals surface area contributed by atoms with Crippen LogP contribution in [0.4, 0.5) is 0 Å². The second-order valence-electron chi connectivity index (χ2n) is 6.18. The van der Waals surface area contributed by atoms with Gasteiger partial charge in [-0.3, -0.25) is 4.79 Å². The fourth-order valence-corrected chi connectivity index (χ4v) is 3.15. The molecule has 5 nitrogen and oxygen atoms in total. The van der Waals surface area contributed by atoms with Crippen molar-refractivity contribution in [2.24, 2.45) is 0 Å². The molecule has 0 radical (unpaired) electrons. The second-order valence-corrected chi connectivity index (χ2v) is 6.61. The Morgan fingerprint density at radius 1 is 1.15 bits per heavy atom. The van der Waals surface area contributed by atoms with E-state index in [0.29, 0.717) is 16.3 Å². The highest BCUT2D eigenvalue weighted by Gasteiger charge is 2.16. The standard InChI is InChI=1S/C21H20ClNO4/c1-3-14-5-4-6-16-17(10-23-21(14)16)18(24)11-27-20(25)12-26-19-8-7-15(22)9-13(19)2/h4-10,23H,3,11-12H2,1-2H3. The first-order valence-electron chi connectivity index (χ1n) is 8.66. The first-order valence-corrected chi connectivity index (χ1v) is 9.04. The van der Waals surface area contributed by atoms with E-state index in [-0.39, 0.29) is 19.0 Å². The summed E-state index contributed by atoms with van der Waals surface area (Å²) in [6.07, 6.45) is 2.52. The number of carbonyl (C=O) groups excluding carboxylic acids is 2. The third-order valence-electron chi connectivity index (χ3n) is 4.33. The summed E-state index contributed by atoms with van der Waals surface area (Å²) in [5, 5.41) is 1.43. The summed E-state index contributed by atoms with van der Waals surface area (Å²) in [6, 6.07) is 10.9. The molecule has 1 aromatic heterocycles. The molecule has 0 saturated heterocycles. The molecular weight excluding hydrogens is 366 g/mol. The van der Waals surface area contributed by atoms with Crippen molar-refractivity contribution in [3.63, 3.8) is 0 Å². The minimum Gasteiger partial charge on any atom is -0.482 e. The number of hydrogen-bond donors (Lipinski definition) is 1. The molecule has 0 aliphatic rings. The predicted octanol–water partition coefficient (Wildman–Crippen LogP) is 4.50. The number of hydrogen-bond acceptors (Lipinski definition) is 4. The van der Waals surface area contributed by atoms with Crippen molar-refractivity contribution in [1.82, 2.24) is 4.98 Å². The number of halogens is 1. The van der Waals surface area contributed by atoms with Crippen molar-refractivity contribution < 1.29 is 19.1 Å². The zero-order valence-electron chi connectivity index (χ0n) is 15.2. The molecule has 6 heteroatoms. The van der Waals surface area contributed by atoms with Gasteiger partial charge in [0.2, 0.25) is 5.78 Å². The third-order valence-corrected chi connectivity index (χ3v) is 4.56. The molecule has 0 bridgehead atoms. The van der Waals surface area contributed by atoms with Crippen LogP contribution in [0.5, 0.6) is 5.75 Å². The first kappa shape index (κ1) is 19.0. The van der Waals surface area contributed by atoms with Crippen LogP contribution >= 0.6 is 11.6 Å². The summed E-state index contributed by atoms with van der Waals surface area (Å²) in [5.41, 5.74) is 3.41. The third kappa shape index (κ3) is 4.31. The number of H-pyrrole nitrogens is 1. The van der Waals surface area contributed by atoms with Crippen LogP contribution in [0.15, 0.2) is 42.6 Å². The van der Waals surface area contributed by atoms with Gasteiger partial charge in [-0.2, -0.15) is 0 Å². The number of aromatic amines is 1. The summed E-state index contributed by atoms with van der Waals surface area (Å²) in [4.78, 5) is 27.5. The molecule has 0 fully saturated rings. The number of nitrogens with one attached hydrogen (secondary N) is 1. The Bertz CT molecular complexity index is 993. The second kappa shape index (κ2) is 8.27. The number of esters is 1. The molecule has 0 saturated carbocycles. The molecule has 2 aromatic carbocycles. The maximum absolute atomic E-state index is 12.4. The maximum atomic E-state index is 12.4. The summed E-state index contributed by atoms with van der Waals surface area (Å²) < 4.78 is 10.5. The van der Waals surface area contributed by atoms with Crippen molar-refractivity contribution in [1.29, 1.82) is 0 Å². The average molecular weight is 386 g/mol. The zero-order chi connectivity index (χ0) is 19.4. The van der Waals surface area contributed by atoms with Crippen molar-refractivity contribution in [3.8, 4) is 5.75 Å². The van der Waals surface area contributed by atoms with E-state index in [2.05, 4.69) is 11.9 Å². The number of carbonyl (C=O) groups is 2. The Hall–Kier alpha value is -2.79. The van der Waals surface area contributed by atoms with Crippen LogP contribution in [0.2, 0.25) is 5.02 Å². The fraction of sp³-hybridized carbons (Fsp3) is 0.238. The molecule has 1 heterocycles. The Balaban J connectivity index is 1.58. The number of rotatable bonds is 7. The normalized spacial score (nSPS) is 10.8. The lowest BCUT2D eigenvalue weighted by Crippen LogP contribution is -2.19. The Kier molecular flexibility index (Phi) is 5.81. The van der Waals surface area contributed by atoms with Crippen LogP contribution in [0.3, 0.4) is 0 Å². The van der Waals surface area contributed by atoms with Gasteiger partial charge in [0.25, 0.3) is 0 Å². The summed E-state index contributed by atoms with van der Waals surface area (Å²) in [5.74, 6) is -0.316. The molecule has 0 atom stereocenters. The van der Waals surface area contributed by atoms with Gasteiger partial charge in [0, 0.05) is 27.7 Å². The smallest absolute Gasteiger partial charge is 0.344 e. The molecule has 0 amide bonds. The van der Waals surface area contributed by atoms with Crippen molar-refractivity contribution in [2.45, 2.75) is 20.3 Å². The number of fused-ring (bicyclic) bond motifs is 1. The Labute approximate surface area is 162 Å². The monoisotopic (exact) mass is 385 g/mol. The molecule has 140 valence electrons. The number of ether oxygens (including phenoxy) is 2. The van der Waals surface area contributed by atoms with Gasteiger partial charge in [-0.1, -0.05) is 36.7 Å². The average Bonchev–Trinajstić information content (AvgIpc) is 3.09. The molecule has 27 heavy (non-hydrogen) atoms. The van der Waals surface area contributed by atoms with Gasteiger partial charge in [0.15, 0.2) is 13.2 Å². The molecule has 0 aliphatic carbocycles. The Morgan fingerprint density at radius 3 is 2.70 bits per heavy atom. The number of aromatic nitrogens is 1. The maximum Gasteiger partial charge on any atom is 0.344 e. The van der Waals surface area contributed by atoms with E-state index in [1.807, 2.05) is 25.1 Å². The lowest BCUT2D eigenvalue weighted by molar-refractivity contribution is -0.144. The van der Waals surface area contributed by atoms with Crippen LogP contribution < -0.4 is 4.74 Å². The van der Waals surface area contributed by atoms with Crippen LogP contribution in [0.25, 0.3) is 10.9 Å². The highest BCUT2D eigenvalue weighted by molar-refractivity contribution is 6.30. The van der Waals surface area contributed by atoms with Gasteiger partial charge in [-0.25, -0.2) is 4.79 Å². The van der Waals surface area contributed by atoms with Gasteiger partial charge in [0.05, 0.1) is 0 Å². The Morgan fingerprint density at radius 2 is 1.96 bits per heavy atom. The zero-order valence-corrected chi connectivity index (χ0v) is 15.9. The number of para-hydroxylation sites is 1. The summed E-state index contributed by atoms with van der Waals surface area (Å²) in [7, 11) is 0. The van der Waals surface area contributed by atoms with Crippen molar-refractivity contribution in [2.75, 3.05) is 13.2 Å². The van der Waals surface area contributed by atoms with Gasteiger partial charge in [0.1, 0.15) is 5.75 Å². The predicted molar refractivity (Wildman–Crippen MR) is 105 cm³/mol. The van der Waals surface area contributed by atoms with Gasteiger partial charge in [-0.05, 0) is 42.7 Å². The lowest BCUT2D eigenvalue weighted by atomic mass is 10.1. The van der Waals surface area contributed by atoms with Gasteiger partial charge in [-0.15, -0.1) is 0 Å². The van der Waals surface area contributed by atoms with E-state index in [4.69, 9.17) is 21.1 Å². The van der Waals surface area contributed by atoms with Crippen molar-refractivity contribution >= 4 is 34.3 Å². The van der Waals surface area contributed by atoms with E-state index < -0.39 is 5.97 Å². The SMILES string of the molecule is CCc1cccc2c(C(=O)COC(=O)COc3ccc(Cl)cc3C)c[nH]c12. The summed E-state index contributed by atoms with van der Waals surface area (Å²) >= 11 is 5.89. The van der Waals surface area contributed by atoms with E-state index in [1.165, 1.54) is 0 Å². The molecule has 0 unspecified atom stereocenters. The number of Topliss-reactive ketones (excluding diaryl/α,β-unsaturated/α-hetero) is 1. The fourth-order valence-electron chi connectivity index (χ4n) is 2.92. The minimum atomic E-state index is -0.605. The van der Waals surface area contributed by atoms with E-state index in [9.17, 15) is 9.59 Å². The highest BCUT2D eigenvalue weighted by Crippen LogP contribution is 2.23. The quantitative estimate of drug-likeness (QED) is 0.480.